The Bertz CT molecular complexity index is 1570. The number of benzene rings is 2. The van der Waals surface area contributed by atoms with Crippen LogP contribution in [0.5, 0.6) is 23.0 Å². The average Bonchev–Trinajstić information content (AvgIpc) is 3.20. The van der Waals surface area contributed by atoms with Gasteiger partial charge < -0.3 is 19.5 Å². The van der Waals surface area contributed by atoms with Crippen molar-refractivity contribution in [2.24, 2.45) is 0 Å². The van der Waals surface area contributed by atoms with Crippen molar-refractivity contribution in [2.75, 3.05) is 24.3 Å². The van der Waals surface area contributed by atoms with Crippen LogP contribution in [0.25, 0.3) is 10.9 Å². The fraction of sp³-hybridized carbons (Fsp3) is 0.167. The van der Waals surface area contributed by atoms with Gasteiger partial charge in [-0.2, -0.15) is 0 Å². The molecular weight excluding hydrogens is 509 g/mol. The summed E-state index contributed by atoms with van der Waals surface area (Å²) < 4.78 is 59.4. The van der Waals surface area contributed by atoms with E-state index in [0.717, 1.165) is 17.4 Å². The van der Waals surface area contributed by atoms with Gasteiger partial charge in [0.25, 0.3) is 10.0 Å². The number of sulfonamides is 1. The van der Waals surface area contributed by atoms with E-state index in [9.17, 15) is 17.6 Å². The lowest BCUT2D eigenvalue weighted by Crippen LogP contribution is -2.13. The maximum Gasteiger partial charge on any atom is 0.271 e. The van der Waals surface area contributed by atoms with E-state index in [1.165, 1.54) is 39.3 Å². The summed E-state index contributed by atoms with van der Waals surface area (Å²) in [5.41, 5.74) is 0.760. The molecule has 36 heavy (non-hydrogen) atoms. The van der Waals surface area contributed by atoms with Crippen LogP contribution in [0.3, 0.4) is 0 Å². The molecule has 0 aliphatic heterocycles. The summed E-state index contributed by atoms with van der Waals surface area (Å²) in [5.74, 6) is 0.373. The molecule has 0 unspecified atom stereocenters. The van der Waals surface area contributed by atoms with Crippen molar-refractivity contribution in [2.45, 2.75) is 18.1 Å². The van der Waals surface area contributed by atoms with Gasteiger partial charge in [0.2, 0.25) is 5.91 Å². The largest absolute Gasteiger partial charge is 0.493 e. The first kappa shape index (κ1) is 25.2. The van der Waals surface area contributed by atoms with Gasteiger partial charge in [-0.25, -0.2) is 12.8 Å². The second-order valence-electron chi connectivity index (χ2n) is 7.64. The molecule has 0 saturated heterocycles. The molecule has 0 atom stereocenters. The van der Waals surface area contributed by atoms with E-state index in [-0.39, 0.29) is 21.6 Å². The number of pyridine rings is 1. The van der Waals surface area contributed by atoms with Crippen molar-refractivity contribution < 1.29 is 31.8 Å². The fourth-order valence-electron chi connectivity index (χ4n) is 3.46. The highest BCUT2D eigenvalue weighted by Gasteiger charge is 2.23. The van der Waals surface area contributed by atoms with Crippen LogP contribution in [-0.2, 0) is 14.8 Å². The first-order valence-electron chi connectivity index (χ1n) is 10.5. The minimum Gasteiger partial charge on any atom is -0.493 e. The van der Waals surface area contributed by atoms with Gasteiger partial charge in [-0.05, 0) is 42.8 Å². The summed E-state index contributed by atoms with van der Waals surface area (Å²) >= 11 is 0.877. The molecule has 0 saturated carbocycles. The lowest BCUT2D eigenvalue weighted by atomic mass is 10.2. The van der Waals surface area contributed by atoms with Crippen LogP contribution in [0.4, 0.5) is 15.1 Å². The Morgan fingerprint density at radius 1 is 1.03 bits per heavy atom. The molecule has 2 heterocycles. The number of aromatic nitrogens is 1. The van der Waals surface area contributed by atoms with E-state index < -0.39 is 15.8 Å². The summed E-state index contributed by atoms with van der Waals surface area (Å²) in [6.45, 7) is 2.91. The third-order valence-electron chi connectivity index (χ3n) is 5.04. The first-order valence-corrected chi connectivity index (χ1v) is 12.8. The zero-order chi connectivity index (χ0) is 26.0. The second-order valence-corrected chi connectivity index (χ2v) is 10.6. The van der Waals surface area contributed by atoms with Crippen LogP contribution in [0.2, 0.25) is 0 Å². The lowest BCUT2D eigenvalue weighted by molar-refractivity contribution is -0.114. The summed E-state index contributed by atoms with van der Waals surface area (Å²) in [6.07, 6.45) is 1.54. The number of carbonyl (C=O) groups excluding carboxylic acids is 1. The molecule has 0 aliphatic carbocycles. The van der Waals surface area contributed by atoms with Gasteiger partial charge in [-0.15, -0.1) is 11.3 Å². The number of methoxy groups -OCH3 is 2. The van der Waals surface area contributed by atoms with Crippen LogP contribution >= 0.6 is 11.3 Å². The summed E-state index contributed by atoms with van der Waals surface area (Å²) in [7, 11) is -1.07. The number of aryl methyl sites for hydroxylation is 1. The normalized spacial score (nSPS) is 11.2. The molecule has 4 rings (SSSR count). The number of amides is 1. The second kappa shape index (κ2) is 9.99. The van der Waals surface area contributed by atoms with Crippen molar-refractivity contribution in [1.82, 2.24) is 4.98 Å². The third kappa shape index (κ3) is 5.19. The Labute approximate surface area is 210 Å². The molecule has 2 N–H and O–H groups in total. The van der Waals surface area contributed by atoms with Gasteiger partial charge in [0, 0.05) is 30.6 Å². The van der Waals surface area contributed by atoms with Crippen molar-refractivity contribution in [3.05, 3.63) is 60.0 Å². The van der Waals surface area contributed by atoms with Crippen molar-refractivity contribution in [3.8, 4) is 23.0 Å². The first-order chi connectivity index (χ1) is 17.1. The van der Waals surface area contributed by atoms with Crippen LogP contribution in [0, 0.1) is 12.7 Å². The van der Waals surface area contributed by atoms with E-state index in [2.05, 4.69) is 15.0 Å². The number of halogens is 1. The van der Waals surface area contributed by atoms with E-state index in [0.29, 0.717) is 38.7 Å². The predicted molar refractivity (Wildman–Crippen MR) is 135 cm³/mol. The van der Waals surface area contributed by atoms with Gasteiger partial charge >= 0.3 is 0 Å². The number of hydrogen-bond donors (Lipinski definition) is 2. The Balaban J connectivity index is 1.59. The van der Waals surface area contributed by atoms with E-state index in [1.54, 1.807) is 31.3 Å². The zero-order valence-electron chi connectivity index (χ0n) is 19.7. The summed E-state index contributed by atoms with van der Waals surface area (Å²) in [5, 5.41) is 3.54. The molecule has 2 aromatic heterocycles. The van der Waals surface area contributed by atoms with Gasteiger partial charge in [0.15, 0.2) is 17.3 Å². The summed E-state index contributed by atoms with van der Waals surface area (Å²) in [4.78, 5) is 15.6. The molecule has 2 aromatic carbocycles. The molecule has 0 radical (unpaired) electrons. The number of carbonyl (C=O) groups is 1. The number of fused-ring (bicyclic) bond motifs is 1. The molecule has 4 aromatic rings. The maximum absolute atomic E-state index is 14.9. The monoisotopic (exact) mass is 531 g/mol. The molecule has 0 bridgehead atoms. The van der Waals surface area contributed by atoms with Crippen LogP contribution in [0.1, 0.15) is 12.5 Å². The molecule has 1 amide bonds. The highest BCUT2D eigenvalue weighted by molar-refractivity contribution is 7.94. The molecule has 188 valence electrons. The van der Waals surface area contributed by atoms with Gasteiger partial charge in [-0.3, -0.25) is 14.5 Å². The number of anilines is 2. The number of hydrogen-bond acceptors (Lipinski definition) is 8. The Kier molecular flexibility index (Phi) is 7.00. The standard InChI is InChI=1S/C24H22FN3O6S2/c1-13-9-23(27-14(2)29)35-24(13)36(30,31)28-18-6-5-15(10-17(18)25)34-20-7-8-26-19-12-22(33-4)21(32-3)11-16(19)20/h5-12,28H,1-4H3,(H,27,29). The third-order valence-corrected chi connectivity index (χ3v) is 8.19. The predicted octanol–water partition coefficient (Wildman–Crippen LogP) is 5.31. The molecule has 9 nitrogen and oxygen atoms in total. The molecule has 12 heteroatoms. The topological polar surface area (TPSA) is 116 Å². The average molecular weight is 532 g/mol. The minimum absolute atomic E-state index is 0.0291. The summed E-state index contributed by atoms with van der Waals surface area (Å²) in [6, 6.07) is 10.4. The van der Waals surface area contributed by atoms with Gasteiger partial charge in [0.1, 0.15) is 15.7 Å². The Morgan fingerprint density at radius 2 is 1.75 bits per heavy atom. The number of ether oxygens (including phenoxy) is 3. The van der Waals surface area contributed by atoms with Crippen molar-refractivity contribution in [3.63, 3.8) is 0 Å². The number of thiophene rings is 1. The highest BCUT2D eigenvalue weighted by Crippen LogP contribution is 2.38. The molecule has 0 spiro atoms. The van der Waals surface area contributed by atoms with Crippen LogP contribution in [0.15, 0.2) is 52.9 Å². The Hall–Kier alpha value is -3.90. The fourth-order valence-corrected chi connectivity index (χ4v) is 6.18. The quantitative estimate of drug-likeness (QED) is 0.316. The zero-order valence-corrected chi connectivity index (χ0v) is 21.3. The maximum atomic E-state index is 14.9. The van der Waals surface area contributed by atoms with E-state index >= 15 is 0 Å². The number of nitrogens with zero attached hydrogens (tertiary/aromatic N) is 1. The minimum atomic E-state index is -4.09. The molecule has 0 fully saturated rings. The van der Waals surface area contributed by atoms with E-state index in [4.69, 9.17) is 14.2 Å². The van der Waals surface area contributed by atoms with Crippen LogP contribution < -0.4 is 24.2 Å². The van der Waals surface area contributed by atoms with Gasteiger partial charge in [-0.1, -0.05) is 0 Å². The van der Waals surface area contributed by atoms with E-state index in [1.807, 2.05) is 0 Å². The Morgan fingerprint density at radius 3 is 2.42 bits per heavy atom. The molecular formula is C24H22FN3O6S2. The molecule has 0 aliphatic rings. The highest BCUT2D eigenvalue weighted by atomic mass is 32.2. The number of rotatable bonds is 8. The number of nitrogens with one attached hydrogen (secondary N) is 2. The van der Waals surface area contributed by atoms with Gasteiger partial charge in [0.05, 0.1) is 30.4 Å². The smallest absolute Gasteiger partial charge is 0.271 e. The lowest BCUT2D eigenvalue weighted by Gasteiger charge is -2.13. The van der Waals surface area contributed by atoms with Crippen LogP contribution in [-0.4, -0.2) is 33.5 Å². The van der Waals surface area contributed by atoms with Crippen molar-refractivity contribution in [1.29, 1.82) is 0 Å². The SMILES string of the molecule is COc1cc2nccc(Oc3ccc(NS(=O)(=O)c4sc(NC(C)=O)cc4C)c(F)c3)c2cc1OC. The van der Waals surface area contributed by atoms with Crippen molar-refractivity contribution >= 4 is 48.9 Å².